The van der Waals surface area contributed by atoms with Crippen LogP contribution in [0.4, 0.5) is 5.69 Å². The van der Waals surface area contributed by atoms with Crippen LogP contribution < -0.4 is 10.1 Å². The van der Waals surface area contributed by atoms with E-state index < -0.39 is 0 Å². The third-order valence-electron chi connectivity index (χ3n) is 5.41. The van der Waals surface area contributed by atoms with E-state index in [1.165, 1.54) is 0 Å². The number of nitrogens with zero attached hydrogens (tertiary/aromatic N) is 1. The van der Waals surface area contributed by atoms with Crippen LogP contribution in [0.2, 0.25) is 0 Å². The van der Waals surface area contributed by atoms with Crippen molar-refractivity contribution in [3.05, 3.63) is 71.5 Å². The fourth-order valence-corrected chi connectivity index (χ4v) is 3.75. The molecule has 0 fully saturated rings. The Balaban J connectivity index is 1.52. The van der Waals surface area contributed by atoms with Crippen molar-refractivity contribution in [2.45, 2.75) is 26.8 Å². The standard InChI is InChI=1S/C25H26N2O4/c1-16(2)25(29)27-11-10-22-19(15-27)14-23(31-22)17-6-4-8-20(12-17)26-24(28)18-7-5-9-21(13-18)30-3/h4-9,12-14,16H,10-11,15H2,1-3H3,(H,26,28). The summed E-state index contributed by atoms with van der Waals surface area (Å²) >= 11 is 0. The van der Waals surface area contributed by atoms with Crippen molar-refractivity contribution in [1.82, 2.24) is 4.90 Å². The van der Waals surface area contributed by atoms with Crippen LogP contribution in [0, 0.1) is 5.92 Å². The van der Waals surface area contributed by atoms with Gasteiger partial charge in [0.05, 0.1) is 7.11 Å². The first-order chi connectivity index (χ1) is 14.9. The van der Waals surface area contributed by atoms with Gasteiger partial charge in [0.25, 0.3) is 5.91 Å². The van der Waals surface area contributed by atoms with Gasteiger partial charge in [-0.2, -0.15) is 0 Å². The minimum absolute atomic E-state index is 0.0159. The van der Waals surface area contributed by atoms with Crippen molar-refractivity contribution < 1.29 is 18.7 Å². The molecule has 2 amide bonds. The summed E-state index contributed by atoms with van der Waals surface area (Å²) in [5, 5.41) is 2.93. The van der Waals surface area contributed by atoms with Gasteiger partial charge in [0.1, 0.15) is 17.3 Å². The van der Waals surface area contributed by atoms with E-state index in [-0.39, 0.29) is 17.7 Å². The van der Waals surface area contributed by atoms with Crippen LogP contribution in [0.5, 0.6) is 5.75 Å². The highest BCUT2D eigenvalue weighted by molar-refractivity contribution is 6.04. The van der Waals surface area contributed by atoms with E-state index in [0.29, 0.717) is 36.5 Å². The Morgan fingerprint density at radius 3 is 2.68 bits per heavy atom. The molecular formula is C25H26N2O4. The van der Waals surface area contributed by atoms with E-state index in [9.17, 15) is 9.59 Å². The highest BCUT2D eigenvalue weighted by Crippen LogP contribution is 2.31. The minimum Gasteiger partial charge on any atom is -0.497 e. The molecule has 0 saturated heterocycles. The molecule has 1 aliphatic rings. The van der Waals surface area contributed by atoms with E-state index in [4.69, 9.17) is 9.15 Å². The first kappa shape index (κ1) is 20.7. The zero-order chi connectivity index (χ0) is 22.0. The summed E-state index contributed by atoms with van der Waals surface area (Å²) in [4.78, 5) is 26.8. The summed E-state index contributed by atoms with van der Waals surface area (Å²) in [6.45, 7) is 5.09. The largest absolute Gasteiger partial charge is 0.497 e. The Bertz CT molecular complexity index is 1120. The molecule has 4 rings (SSSR count). The Morgan fingerprint density at radius 2 is 1.90 bits per heavy atom. The third-order valence-corrected chi connectivity index (χ3v) is 5.41. The predicted octanol–water partition coefficient (Wildman–Crippen LogP) is 4.75. The van der Waals surface area contributed by atoms with Crippen molar-refractivity contribution in [2.75, 3.05) is 19.0 Å². The quantitative estimate of drug-likeness (QED) is 0.649. The first-order valence-corrected chi connectivity index (χ1v) is 10.4. The van der Waals surface area contributed by atoms with E-state index in [2.05, 4.69) is 5.32 Å². The summed E-state index contributed by atoms with van der Waals surface area (Å²) in [6, 6.07) is 16.6. The second kappa shape index (κ2) is 8.68. The number of fused-ring (bicyclic) bond motifs is 1. The van der Waals surface area contributed by atoms with Crippen molar-refractivity contribution in [3.8, 4) is 17.1 Å². The van der Waals surface area contributed by atoms with Crippen LogP contribution in [0.15, 0.2) is 59.0 Å². The molecule has 2 heterocycles. The second-order valence-electron chi connectivity index (χ2n) is 7.99. The van der Waals surface area contributed by atoms with E-state index in [0.717, 1.165) is 22.6 Å². The smallest absolute Gasteiger partial charge is 0.255 e. The lowest BCUT2D eigenvalue weighted by atomic mass is 10.1. The molecule has 0 saturated carbocycles. The molecule has 6 heteroatoms. The summed E-state index contributed by atoms with van der Waals surface area (Å²) in [5.41, 5.74) is 3.12. The maximum absolute atomic E-state index is 12.6. The molecule has 0 aliphatic carbocycles. The van der Waals surface area contributed by atoms with Crippen molar-refractivity contribution >= 4 is 17.5 Å². The van der Waals surface area contributed by atoms with Gasteiger partial charge in [-0.1, -0.05) is 32.0 Å². The van der Waals surface area contributed by atoms with E-state index in [1.807, 2.05) is 49.1 Å². The van der Waals surface area contributed by atoms with Gasteiger partial charge < -0.3 is 19.4 Å². The van der Waals surface area contributed by atoms with Crippen LogP contribution in [0.3, 0.4) is 0 Å². The zero-order valence-electron chi connectivity index (χ0n) is 18.0. The van der Waals surface area contributed by atoms with E-state index in [1.54, 1.807) is 31.4 Å². The summed E-state index contributed by atoms with van der Waals surface area (Å²) in [5.74, 6) is 2.23. The Labute approximate surface area is 181 Å². The lowest BCUT2D eigenvalue weighted by Crippen LogP contribution is -2.37. The predicted molar refractivity (Wildman–Crippen MR) is 119 cm³/mol. The minimum atomic E-state index is -0.211. The van der Waals surface area contributed by atoms with Gasteiger partial charge in [-0.15, -0.1) is 0 Å². The number of carbonyl (C=O) groups excluding carboxylic acids is 2. The third kappa shape index (κ3) is 4.48. The SMILES string of the molecule is COc1cccc(C(=O)Nc2cccc(-c3cc4c(o3)CCN(C(=O)C(C)C)C4)c2)c1. The number of hydrogen-bond donors (Lipinski definition) is 1. The van der Waals surface area contributed by atoms with Crippen LogP contribution in [-0.4, -0.2) is 30.4 Å². The van der Waals surface area contributed by atoms with Gasteiger partial charge in [-0.25, -0.2) is 0 Å². The number of benzene rings is 2. The number of ether oxygens (including phenoxy) is 1. The molecule has 0 atom stereocenters. The van der Waals surface area contributed by atoms with Gasteiger partial charge in [0, 0.05) is 47.8 Å². The number of nitrogens with one attached hydrogen (secondary N) is 1. The molecule has 31 heavy (non-hydrogen) atoms. The summed E-state index contributed by atoms with van der Waals surface area (Å²) < 4.78 is 11.3. The van der Waals surface area contributed by atoms with E-state index >= 15 is 0 Å². The van der Waals surface area contributed by atoms with Crippen LogP contribution in [0.1, 0.15) is 35.5 Å². The Morgan fingerprint density at radius 1 is 1.10 bits per heavy atom. The molecule has 1 N–H and O–H groups in total. The summed E-state index contributed by atoms with van der Waals surface area (Å²) in [6.07, 6.45) is 0.708. The number of amides is 2. The Hall–Kier alpha value is -3.54. The maximum Gasteiger partial charge on any atom is 0.255 e. The fourth-order valence-electron chi connectivity index (χ4n) is 3.75. The molecule has 6 nitrogen and oxygen atoms in total. The van der Waals surface area contributed by atoms with Crippen LogP contribution in [-0.2, 0) is 17.8 Å². The molecule has 3 aromatic rings. The average molecular weight is 418 g/mol. The maximum atomic E-state index is 12.6. The lowest BCUT2D eigenvalue weighted by Gasteiger charge is -2.27. The molecule has 0 unspecified atom stereocenters. The van der Waals surface area contributed by atoms with Crippen LogP contribution in [0.25, 0.3) is 11.3 Å². The average Bonchev–Trinajstić information content (AvgIpc) is 3.22. The fraction of sp³-hybridized carbons (Fsp3) is 0.280. The number of carbonyl (C=O) groups is 2. The molecule has 160 valence electrons. The molecule has 0 radical (unpaired) electrons. The van der Waals surface area contributed by atoms with Gasteiger partial charge in [0.15, 0.2) is 0 Å². The lowest BCUT2D eigenvalue weighted by molar-refractivity contribution is -0.135. The van der Waals surface area contributed by atoms with Gasteiger partial charge in [0.2, 0.25) is 5.91 Å². The molecule has 0 bridgehead atoms. The zero-order valence-corrected chi connectivity index (χ0v) is 18.0. The van der Waals surface area contributed by atoms with Crippen molar-refractivity contribution in [1.29, 1.82) is 0 Å². The molecular weight excluding hydrogens is 392 g/mol. The number of furan rings is 1. The number of rotatable bonds is 5. The molecule has 2 aromatic carbocycles. The first-order valence-electron chi connectivity index (χ1n) is 10.4. The monoisotopic (exact) mass is 418 g/mol. The highest BCUT2D eigenvalue weighted by Gasteiger charge is 2.25. The Kier molecular flexibility index (Phi) is 5.80. The highest BCUT2D eigenvalue weighted by atomic mass is 16.5. The van der Waals surface area contributed by atoms with Gasteiger partial charge in [-0.05, 0) is 36.4 Å². The van der Waals surface area contributed by atoms with Gasteiger partial charge >= 0.3 is 0 Å². The number of anilines is 1. The molecule has 1 aliphatic heterocycles. The number of hydrogen-bond acceptors (Lipinski definition) is 4. The normalized spacial score (nSPS) is 13.1. The molecule has 1 aromatic heterocycles. The van der Waals surface area contributed by atoms with Gasteiger partial charge in [-0.3, -0.25) is 9.59 Å². The van der Waals surface area contributed by atoms with Crippen molar-refractivity contribution in [2.24, 2.45) is 5.92 Å². The topological polar surface area (TPSA) is 71.8 Å². The summed E-state index contributed by atoms with van der Waals surface area (Å²) in [7, 11) is 1.57. The second-order valence-corrected chi connectivity index (χ2v) is 7.99. The van der Waals surface area contributed by atoms with Crippen molar-refractivity contribution in [3.63, 3.8) is 0 Å². The molecule has 0 spiro atoms. The van der Waals surface area contributed by atoms with Crippen LogP contribution >= 0.6 is 0 Å². The number of methoxy groups -OCH3 is 1.